The Morgan fingerprint density at radius 3 is 2.33 bits per heavy atom. The third-order valence-electron chi connectivity index (χ3n) is 9.28. The van der Waals surface area contributed by atoms with Crippen molar-refractivity contribution in [2.45, 2.75) is 36.0 Å². The zero-order valence-corrected chi connectivity index (χ0v) is 31.8. The van der Waals surface area contributed by atoms with E-state index in [0.29, 0.717) is 16.1 Å². The van der Waals surface area contributed by atoms with Crippen LogP contribution >= 0.6 is 22.7 Å². The highest BCUT2D eigenvalue weighted by atomic mass is 32.2. The number of sulfonamides is 1. The van der Waals surface area contributed by atoms with E-state index >= 15 is 0 Å². The van der Waals surface area contributed by atoms with Gasteiger partial charge in [-0.3, -0.25) is 4.79 Å². The van der Waals surface area contributed by atoms with Crippen molar-refractivity contribution in [3.8, 4) is 0 Å². The second-order valence-electron chi connectivity index (χ2n) is 12.7. The van der Waals surface area contributed by atoms with Crippen molar-refractivity contribution in [1.82, 2.24) is 24.9 Å². The number of para-hydroxylation sites is 1. The Kier molecular flexibility index (Phi) is 11.2. The molecule has 7 aromatic rings. The molecule has 0 aliphatic carbocycles. The van der Waals surface area contributed by atoms with Crippen LogP contribution in [0.2, 0.25) is 0 Å². The number of methoxy groups -OCH3 is 1. The van der Waals surface area contributed by atoms with Crippen molar-refractivity contribution in [2.24, 2.45) is 0 Å². The minimum Gasteiger partial charge on any atom is -0.483 e. The Morgan fingerprint density at radius 2 is 1.65 bits per heavy atom. The summed E-state index contributed by atoms with van der Waals surface area (Å²) in [4.78, 5) is 23.3. The number of hydrogen-bond donors (Lipinski definition) is 4. The van der Waals surface area contributed by atoms with Gasteiger partial charge in [-0.15, -0.1) is 22.7 Å². The summed E-state index contributed by atoms with van der Waals surface area (Å²) >= 11 is 2.77. The van der Waals surface area contributed by atoms with Gasteiger partial charge in [-0.1, -0.05) is 78.9 Å². The number of ether oxygens (including phenoxy) is 1. The molecule has 2 atom stereocenters. The fourth-order valence-electron chi connectivity index (χ4n) is 6.59. The Balaban J connectivity index is 1.17. The molecule has 54 heavy (non-hydrogen) atoms. The van der Waals surface area contributed by atoms with Gasteiger partial charge in [-0.2, -0.15) is 4.31 Å². The Hall–Kier alpha value is -5.31. The third kappa shape index (κ3) is 7.96. The predicted molar refractivity (Wildman–Crippen MR) is 214 cm³/mol. The molecule has 13 heteroatoms. The maximum absolute atomic E-state index is 14.5. The number of aliphatic hydroxyl groups excluding tert-OH is 1. The molecule has 0 bridgehead atoms. The highest BCUT2D eigenvalue weighted by Gasteiger charge is 2.35. The van der Waals surface area contributed by atoms with Gasteiger partial charge in [0.1, 0.15) is 6.04 Å². The summed E-state index contributed by atoms with van der Waals surface area (Å²) in [5.41, 5.74) is 5.71. The van der Waals surface area contributed by atoms with Gasteiger partial charge in [0, 0.05) is 26.9 Å². The highest BCUT2D eigenvalue weighted by Crippen LogP contribution is 2.35. The number of nitrogens with zero attached hydrogens (tertiary/aromatic N) is 2. The SMILES string of the molecule is C=C(N[C@H](C(=O)NCc1ccc([C@@H](CO)N(Cc2cc3ccccc3[nH]2)S(=O)(=O)c2ccc3scnc3c2)s1)C(c1ccccc1)c1ccccc1)OC. The van der Waals surface area contributed by atoms with Gasteiger partial charge in [-0.25, -0.2) is 13.4 Å². The van der Waals surface area contributed by atoms with Crippen molar-refractivity contribution < 1.29 is 23.1 Å². The number of thiazole rings is 1. The number of amides is 1. The minimum absolute atomic E-state index is 0.0155. The third-order valence-corrected chi connectivity index (χ3v) is 13.1. The first kappa shape index (κ1) is 37.0. The lowest BCUT2D eigenvalue weighted by atomic mass is 9.84. The number of aromatic nitrogens is 2. The van der Waals surface area contributed by atoms with E-state index in [4.69, 9.17) is 4.74 Å². The van der Waals surface area contributed by atoms with Crippen molar-refractivity contribution in [3.05, 3.63) is 166 Å². The molecule has 276 valence electrons. The molecule has 0 aliphatic heterocycles. The van der Waals surface area contributed by atoms with E-state index < -0.39 is 28.7 Å². The quantitative estimate of drug-likeness (QED) is 0.0757. The lowest BCUT2D eigenvalue weighted by molar-refractivity contribution is -0.123. The van der Waals surface area contributed by atoms with Crippen LogP contribution in [0.3, 0.4) is 0 Å². The molecule has 4 N–H and O–H groups in total. The normalized spacial score (nSPS) is 13.0. The van der Waals surface area contributed by atoms with Gasteiger partial charge in [0.15, 0.2) is 5.88 Å². The number of H-pyrrole nitrogens is 1. The lowest BCUT2D eigenvalue weighted by Gasteiger charge is -2.29. The van der Waals surface area contributed by atoms with Gasteiger partial charge >= 0.3 is 0 Å². The van der Waals surface area contributed by atoms with Gasteiger partial charge in [0.05, 0.1) is 53.5 Å². The van der Waals surface area contributed by atoms with Crippen LogP contribution in [0, 0.1) is 0 Å². The average Bonchev–Trinajstić information content (AvgIpc) is 3.97. The molecule has 3 heterocycles. The van der Waals surface area contributed by atoms with Crippen LogP contribution in [-0.2, 0) is 32.6 Å². The number of nitrogens with one attached hydrogen (secondary N) is 3. The molecule has 4 aromatic carbocycles. The van der Waals surface area contributed by atoms with Crippen molar-refractivity contribution >= 4 is 59.7 Å². The molecular weight excluding hydrogens is 739 g/mol. The molecule has 3 aromatic heterocycles. The van der Waals surface area contributed by atoms with Crippen LogP contribution in [0.25, 0.3) is 21.1 Å². The first-order chi connectivity index (χ1) is 26.2. The number of benzene rings is 4. The molecule has 0 unspecified atom stereocenters. The molecule has 0 radical (unpaired) electrons. The van der Waals surface area contributed by atoms with Crippen molar-refractivity contribution in [2.75, 3.05) is 13.7 Å². The van der Waals surface area contributed by atoms with Crippen LogP contribution in [0.5, 0.6) is 0 Å². The summed E-state index contributed by atoms with van der Waals surface area (Å²) in [7, 11) is -2.65. The average molecular weight is 778 g/mol. The number of fused-ring (bicyclic) bond motifs is 2. The zero-order valence-electron chi connectivity index (χ0n) is 29.4. The van der Waals surface area contributed by atoms with E-state index in [1.807, 2.05) is 103 Å². The van der Waals surface area contributed by atoms with Gasteiger partial charge in [0.25, 0.3) is 0 Å². The number of rotatable bonds is 16. The van der Waals surface area contributed by atoms with E-state index in [0.717, 1.165) is 31.6 Å². The second kappa shape index (κ2) is 16.4. The summed E-state index contributed by atoms with van der Waals surface area (Å²) in [5, 5.41) is 18.1. The zero-order chi connectivity index (χ0) is 37.7. The Bertz CT molecular complexity index is 2410. The minimum atomic E-state index is -4.14. The topological polar surface area (TPSA) is 137 Å². The van der Waals surface area contributed by atoms with Crippen LogP contribution < -0.4 is 10.6 Å². The number of carbonyl (C=O) groups excluding carboxylic acids is 1. The first-order valence-corrected chi connectivity index (χ1v) is 20.4. The molecule has 0 aliphatic rings. The molecule has 7 rings (SSSR count). The molecular formula is C41H39N5O5S3. The van der Waals surface area contributed by atoms with Crippen molar-refractivity contribution in [1.29, 1.82) is 0 Å². The van der Waals surface area contributed by atoms with E-state index in [2.05, 4.69) is 27.2 Å². The predicted octanol–water partition coefficient (Wildman–Crippen LogP) is 7.29. The van der Waals surface area contributed by atoms with E-state index in [9.17, 15) is 18.3 Å². The van der Waals surface area contributed by atoms with Crippen LogP contribution in [-0.4, -0.2) is 53.5 Å². The summed E-state index contributed by atoms with van der Waals surface area (Å²) < 4.78 is 36.6. The Labute approximate surface area is 321 Å². The molecule has 0 saturated heterocycles. The van der Waals surface area contributed by atoms with E-state index in [1.54, 1.807) is 23.7 Å². The summed E-state index contributed by atoms with van der Waals surface area (Å²) in [6, 6.07) is 36.1. The summed E-state index contributed by atoms with van der Waals surface area (Å²) in [6.07, 6.45) is 0. The van der Waals surface area contributed by atoms with Crippen molar-refractivity contribution in [3.63, 3.8) is 0 Å². The maximum Gasteiger partial charge on any atom is 0.244 e. The van der Waals surface area contributed by atoms with E-state index in [-0.39, 0.29) is 35.7 Å². The largest absolute Gasteiger partial charge is 0.483 e. The molecule has 0 fully saturated rings. The number of carbonyl (C=O) groups is 1. The summed E-state index contributed by atoms with van der Waals surface area (Å²) in [6.45, 7) is 3.62. The Morgan fingerprint density at radius 1 is 0.944 bits per heavy atom. The molecule has 0 spiro atoms. The maximum atomic E-state index is 14.5. The van der Waals surface area contributed by atoms with Crippen LogP contribution in [0.15, 0.2) is 144 Å². The first-order valence-electron chi connectivity index (χ1n) is 17.2. The fourth-order valence-corrected chi connectivity index (χ4v) is 9.97. The molecule has 0 saturated carbocycles. The van der Waals surface area contributed by atoms with Crippen LogP contribution in [0.1, 0.15) is 38.5 Å². The highest BCUT2D eigenvalue weighted by molar-refractivity contribution is 7.89. The number of aromatic amines is 1. The second-order valence-corrected chi connectivity index (χ2v) is 16.7. The van der Waals surface area contributed by atoms with Gasteiger partial charge in [0.2, 0.25) is 15.9 Å². The van der Waals surface area contributed by atoms with Gasteiger partial charge < -0.3 is 25.5 Å². The van der Waals surface area contributed by atoms with E-state index in [1.165, 1.54) is 34.1 Å². The lowest BCUT2D eigenvalue weighted by Crippen LogP contribution is -2.47. The number of thiophene rings is 1. The van der Waals surface area contributed by atoms with Gasteiger partial charge in [-0.05, 0) is 65.6 Å². The number of aliphatic hydroxyl groups is 1. The fraction of sp³-hybridized carbons (Fsp3) is 0.171. The van der Waals surface area contributed by atoms with Crippen LogP contribution in [0.4, 0.5) is 0 Å². The number of hydrogen-bond acceptors (Lipinski definition) is 9. The molecule has 10 nitrogen and oxygen atoms in total. The molecule has 1 amide bonds. The standard InChI is InChI=1S/C41H39N5O5S3/c1-27(51-2)44-40(39(28-11-5-3-6-12-28)29-13-7-4-8-14-29)41(48)42-23-32-17-19-38(53-32)36(25-47)46(24-31-21-30-15-9-10-16-34(30)45-31)54(49,50)33-18-20-37-35(22-33)43-26-52-37/h3-22,26,36,39-40,44-45,47H,1,23-25H2,2H3,(H,42,48)/t36-,40+/m1/s1. The smallest absolute Gasteiger partial charge is 0.244 e. The summed E-state index contributed by atoms with van der Waals surface area (Å²) in [5.74, 6) is -0.398. The monoisotopic (exact) mass is 777 g/mol.